The van der Waals surface area contributed by atoms with Gasteiger partial charge in [0.2, 0.25) is 0 Å². The third kappa shape index (κ3) is 13.5. The Morgan fingerprint density at radius 2 is 1.09 bits per heavy atom. The van der Waals surface area contributed by atoms with Crippen LogP contribution >= 0.6 is 11.6 Å². The van der Waals surface area contributed by atoms with Crippen LogP contribution in [0.25, 0.3) is 44.3 Å². The predicted molar refractivity (Wildman–Crippen MR) is 262 cm³/mol. The molecule has 0 atom stereocenters. The number of rotatable bonds is 14. The molecular formula is C50H63ClN10O4. The first-order valence-corrected chi connectivity index (χ1v) is 23.1. The zero-order valence-electron chi connectivity index (χ0n) is 38.2. The Balaban J connectivity index is 0.000000186. The molecule has 2 amide bonds. The molecule has 4 aromatic heterocycles. The maximum Gasteiger partial charge on any atom is 0.253 e. The number of ether oxygens (including phenoxy) is 2. The van der Waals surface area contributed by atoms with Gasteiger partial charge < -0.3 is 30.3 Å². The van der Waals surface area contributed by atoms with Crippen LogP contribution in [0, 0.1) is 0 Å². The lowest BCUT2D eigenvalue weighted by Crippen LogP contribution is -2.39. The van der Waals surface area contributed by atoms with Gasteiger partial charge in [0.15, 0.2) is 0 Å². The molecule has 2 fully saturated rings. The van der Waals surface area contributed by atoms with Crippen LogP contribution in [0.5, 0.6) is 0 Å². The van der Waals surface area contributed by atoms with E-state index < -0.39 is 0 Å². The van der Waals surface area contributed by atoms with Gasteiger partial charge in [-0.3, -0.25) is 29.4 Å². The average molecular weight is 904 g/mol. The standard InChI is InChI=1S/C25H31N5O2.C19H18ClN3O.C6H14N2O/c1-3-30(4-2)25(31)20-7-5-19(6-8-20)23-17-24(21-18-26-10-9-22(21)28-23)27-11-12-29-13-15-32-16-14-29;1-3-23(4-2)19(24)14-7-5-13(6-8-14)18-11-16(20)15-12-21-10-9-17(15)22-18;7-1-2-8-3-5-9-6-4-8/h5-10,17-18H,3-4,11-16H2,1-2H3,(H,27,28);5-12H,3-4H2,1-2H3;1-7H2. The van der Waals surface area contributed by atoms with Crippen molar-refractivity contribution >= 4 is 50.9 Å². The molecule has 0 bridgehead atoms. The van der Waals surface area contributed by atoms with E-state index in [2.05, 4.69) is 36.1 Å². The summed E-state index contributed by atoms with van der Waals surface area (Å²) in [6.07, 6.45) is 7.03. The van der Waals surface area contributed by atoms with E-state index >= 15 is 0 Å². The zero-order valence-corrected chi connectivity index (χ0v) is 39.0. The van der Waals surface area contributed by atoms with Gasteiger partial charge in [0.05, 0.1) is 53.9 Å². The summed E-state index contributed by atoms with van der Waals surface area (Å²) in [7, 11) is 0. The Morgan fingerprint density at radius 1 is 0.646 bits per heavy atom. The number of carbonyl (C=O) groups excluding carboxylic acids is 2. The molecule has 0 spiro atoms. The third-order valence-electron chi connectivity index (χ3n) is 11.5. The van der Waals surface area contributed by atoms with Gasteiger partial charge >= 0.3 is 0 Å². The van der Waals surface area contributed by atoms with Crippen LogP contribution in [-0.4, -0.2) is 156 Å². The largest absolute Gasteiger partial charge is 0.383 e. The zero-order chi connectivity index (χ0) is 46.0. The molecule has 3 N–H and O–H groups in total. The minimum atomic E-state index is 0.0436. The summed E-state index contributed by atoms with van der Waals surface area (Å²) in [5.74, 6) is 0.103. The van der Waals surface area contributed by atoms with Gasteiger partial charge in [0, 0.05) is 142 Å². The summed E-state index contributed by atoms with van der Waals surface area (Å²) >= 11 is 6.33. The molecule has 15 heteroatoms. The van der Waals surface area contributed by atoms with Gasteiger partial charge in [-0.05, 0) is 76.2 Å². The van der Waals surface area contributed by atoms with E-state index in [1.165, 1.54) is 0 Å². The monoisotopic (exact) mass is 902 g/mol. The molecule has 344 valence electrons. The number of pyridine rings is 4. The first-order chi connectivity index (χ1) is 31.8. The predicted octanol–water partition coefficient (Wildman–Crippen LogP) is 7.23. The topological polar surface area (TPSA) is 155 Å². The summed E-state index contributed by atoms with van der Waals surface area (Å²) in [6.45, 7) is 21.8. The number of carbonyl (C=O) groups is 2. The molecule has 14 nitrogen and oxygen atoms in total. The van der Waals surface area contributed by atoms with E-state index in [0.29, 0.717) is 42.3 Å². The third-order valence-corrected chi connectivity index (χ3v) is 11.8. The number of aromatic nitrogens is 4. The van der Waals surface area contributed by atoms with E-state index in [-0.39, 0.29) is 11.8 Å². The number of morpholine rings is 2. The van der Waals surface area contributed by atoms with Crippen LogP contribution in [-0.2, 0) is 9.47 Å². The molecule has 65 heavy (non-hydrogen) atoms. The Morgan fingerprint density at radius 3 is 1.57 bits per heavy atom. The fourth-order valence-corrected chi connectivity index (χ4v) is 7.92. The maximum absolute atomic E-state index is 12.6. The number of benzene rings is 2. The number of nitrogens with two attached hydrogens (primary N) is 1. The SMILES string of the molecule is CCN(CC)C(=O)c1ccc(-c2cc(Cl)c3cnccc3n2)cc1.CCN(CC)C(=O)c1ccc(-c2cc(NCCN3CCOCC3)c3cnccc3n2)cc1.NCCN1CCOCC1. The Labute approximate surface area is 388 Å². The molecule has 2 saturated heterocycles. The highest BCUT2D eigenvalue weighted by molar-refractivity contribution is 6.35. The van der Waals surface area contributed by atoms with E-state index in [1.54, 1.807) is 23.5 Å². The Kier molecular flexibility index (Phi) is 18.9. The van der Waals surface area contributed by atoms with Crippen molar-refractivity contribution in [3.05, 3.63) is 114 Å². The van der Waals surface area contributed by atoms with Gasteiger partial charge in [-0.15, -0.1) is 0 Å². The fourth-order valence-electron chi connectivity index (χ4n) is 7.67. The number of nitrogens with zero attached hydrogens (tertiary/aromatic N) is 8. The molecule has 2 aliphatic heterocycles. The van der Waals surface area contributed by atoms with Gasteiger partial charge in [-0.25, -0.2) is 9.97 Å². The van der Waals surface area contributed by atoms with Gasteiger partial charge in [-0.2, -0.15) is 0 Å². The molecule has 6 heterocycles. The van der Waals surface area contributed by atoms with Gasteiger partial charge in [0.25, 0.3) is 11.8 Å². The Hall–Kier alpha value is -5.61. The molecule has 0 unspecified atom stereocenters. The average Bonchev–Trinajstić information content (AvgIpc) is 3.36. The van der Waals surface area contributed by atoms with Gasteiger partial charge in [-0.1, -0.05) is 35.9 Å². The van der Waals surface area contributed by atoms with Crippen molar-refractivity contribution in [1.29, 1.82) is 0 Å². The quantitative estimate of drug-likeness (QED) is 0.113. The summed E-state index contributed by atoms with van der Waals surface area (Å²) in [6, 6.07) is 22.9. The maximum atomic E-state index is 12.6. The van der Waals surface area contributed by atoms with Crippen molar-refractivity contribution in [1.82, 2.24) is 39.5 Å². The van der Waals surface area contributed by atoms with E-state index in [4.69, 9.17) is 31.8 Å². The van der Waals surface area contributed by atoms with E-state index in [1.807, 2.05) is 106 Å². The number of fused-ring (bicyclic) bond motifs is 2. The lowest BCUT2D eigenvalue weighted by Gasteiger charge is -2.26. The molecule has 6 aromatic rings. The second-order valence-electron chi connectivity index (χ2n) is 15.6. The number of anilines is 1. The minimum absolute atomic E-state index is 0.0436. The Bertz CT molecular complexity index is 2420. The van der Waals surface area contributed by atoms with E-state index in [0.717, 1.165) is 129 Å². The van der Waals surface area contributed by atoms with Crippen LogP contribution in [0.15, 0.2) is 97.6 Å². The van der Waals surface area contributed by atoms with Crippen molar-refractivity contribution in [3.8, 4) is 22.5 Å². The second kappa shape index (κ2) is 25.2. The van der Waals surface area contributed by atoms with Crippen molar-refractivity contribution in [2.45, 2.75) is 27.7 Å². The fraction of sp³-hybridized carbons (Fsp3) is 0.400. The molecule has 0 saturated carbocycles. The summed E-state index contributed by atoms with van der Waals surface area (Å²) in [5.41, 5.74) is 13.0. The normalized spacial score (nSPS) is 14.2. The molecular weight excluding hydrogens is 840 g/mol. The lowest BCUT2D eigenvalue weighted by molar-refractivity contribution is 0.0394. The highest BCUT2D eigenvalue weighted by Crippen LogP contribution is 2.29. The highest BCUT2D eigenvalue weighted by atomic mass is 35.5. The number of halogens is 1. The van der Waals surface area contributed by atoms with Crippen molar-refractivity contribution in [2.24, 2.45) is 5.73 Å². The molecule has 8 rings (SSSR count). The molecule has 0 radical (unpaired) electrons. The van der Waals surface area contributed by atoms with Crippen LogP contribution < -0.4 is 11.1 Å². The van der Waals surface area contributed by atoms with Crippen molar-refractivity contribution in [3.63, 3.8) is 0 Å². The van der Waals surface area contributed by atoms with Crippen molar-refractivity contribution in [2.75, 3.05) is 110 Å². The van der Waals surface area contributed by atoms with Crippen LogP contribution in [0.3, 0.4) is 0 Å². The minimum Gasteiger partial charge on any atom is -0.383 e. The lowest BCUT2D eigenvalue weighted by atomic mass is 10.1. The summed E-state index contributed by atoms with van der Waals surface area (Å²) < 4.78 is 10.6. The molecule has 2 aromatic carbocycles. The number of nitrogens with one attached hydrogen (secondary N) is 1. The molecule has 2 aliphatic rings. The highest BCUT2D eigenvalue weighted by Gasteiger charge is 2.16. The number of hydrogen-bond donors (Lipinski definition) is 2. The first kappa shape index (κ1) is 48.8. The van der Waals surface area contributed by atoms with Crippen LogP contribution in [0.1, 0.15) is 48.4 Å². The smallest absolute Gasteiger partial charge is 0.253 e. The summed E-state index contributed by atoms with van der Waals surface area (Å²) in [5, 5.41) is 6.03. The summed E-state index contributed by atoms with van der Waals surface area (Å²) in [4.78, 5) is 51.2. The van der Waals surface area contributed by atoms with Crippen molar-refractivity contribution < 1.29 is 19.1 Å². The number of amides is 2. The van der Waals surface area contributed by atoms with Crippen LogP contribution in [0.2, 0.25) is 5.02 Å². The first-order valence-electron chi connectivity index (χ1n) is 22.7. The number of hydrogen-bond acceptors (Lipinski definition) is 12. The van der Waals surface area contributed by atoms with E-state index in [9.17, 15) is 9.59 Å². The molecule has 0 aliphatic carbocycles. The van der Waals surface area contributed by atoms with Gasteiger partial charge in [0.1, 0.15) is 0 Å². The van der Waals surface area contributed by atoms with Crippen LogP contribution in [0.4, 0.5) is 5.69 Å². The second-order valence-corrected chi connectivity index (χ2v) is 16.0.